The summed E-state index contributed by atoms with van der Waals surface area (Å²) in [6.07, 6.45) is -4.41. The van der Waals surface area contributed by atoms with Gasteiger partial charge in [0.2, 0.25) is 0 Å². The van der Waals surface area contributed by atoms with E-state index in [-0.39, 0.29) is 17.9 Å². The molecule has 0 unspecified atom stereocenters. The first-order valence-electron chi connectivity index (χ1n) is 7.33. The average molecular weight is 369 g/mol. The molecule has 1 aromatic carbocycles. The van der Waals surface area contributed by atoms with Gasteiger partial charge in [0.25, 0.3) is 5.56 Å². The summed E-state index contributed by atoms with van der Waals surface area (Å²) in [7, 11) is 0. The third-order valence-electron chi connectivity index (χ3n) is 3.37. The topological polar surface area (TPSA) is 55.6 Å². The maximum absolute atomic E-state index is 12.3. The van der Waals surface area contributed by atoms with E-state index in [0.717, 1.165) is 5.69 Å². The van der Waals surface area contributed by atoms with Crippen molar-refractivity contribution < 1.29 is 17.9 Å². The number of nitrogens with zero attached hydrogens (tertiary/aromatic N) is 2. The van der Waals surface area contributed by atoms with Gasteiger partial charge >= 0.3 is 6.18 Å². The quantitative estimate of drug-likeness (QED) is 0.746. The Kier molecular flexibility index (Phi) is 4.67. The van der Waals surface area contributed by atoms with Gasteiger partial charge < -0.3 is 10.1 Å². The number of thiazole rings is 1. The number of ether oxygens (including phenoxy) is 1. The Bertz CT molecular complexity index is 950. The fourth-order valence-electron chi connectivity index (χ4n) is 2.28. The van der Waals surface area contributed by atoms with Crippen LogP contribution in [0.25, 0.3) is 4.96 Å². The molecule has 5 nitrogen and oxygen atoms in total. The summed E-state index contributed by atoms with van der Waals surface area (Å²) >= 11 is 1.35. The number of hydrogen-bond donors (Lipinski definition) is 1. The summed E-state index contributed by atoms with van der Waals surface area (Å²) in [5.41, 5.74) is 1.51. The van der Waals surface area contributed by atoms with Crippen LogP contribution < -0.4 is 15.6 Å². The zero-order chi connectivity index (χ0) is 18.0. The Balaban J connectivity index is 1.77. The molecule has 0 aliphatic carbocycles. The SMILES string of the molecule is Cc1csc2nc(CNc3ccccc3OCC(F)(F)F)cc(=O)n12. The third-order valence-corrected chi connectivity index (χ3v) is 4.31. The first kappa shape index (κ1) is 17.3. The summed E-state index contributed by atoms with van der Waals surface area (Å²) in [5, 5.41) is 4.80. The number of hydrogen-bond acceptors (Lipinski definition) is 5. The van der Waals surface area contributed by atoms with Crippen LogP contribution in [-0.2, 0) is 6.54 Å². The van der Waals surface area contributed by atoms with E-state index in [0.29, 0.717) is 16.3 Å². The maximum atomic E-state index is 12.3. The molecule has 2 heterocycles. The van der Waals surface area contributed by atoms with Gasteiger partial charge in [-0.15, -0.1) is 11.3 Å². The highest BCUT2D eigenvalue weighted by atomic mass is 32.1. The van der Waals surface area contributed by atoms with Gasteiger partial charge in [-0.2, -0.15) is 13.2 Å². The first-order valence-corrected chi connectivity index (χ1v) is 8.21. The molecule has 25 heavy (non-hydrogen) atoms. The number of para-hydroxylation sites is 2. The van der Waals surface area contributed by atoms with E-state index in [1.807, 2.05) is 12.3 Å². The van der Waals surface area contributed by atoms with E-state index < -0.39 is 12.8 Å². The zero-order valence-electron chi connectivity index (χ0n) is 13.1. The largest absolute Gasteiger partial charge is 0.482 e. The molecule has 3 aromatic rings. The Hall–Kier alpha value is -2.55. The number of fused-ring (bicyclic) bond motifs is 1. The van der Waals surface area contributed by atoms with Gasteiger partial charge in [-0.25, -0.2) is 4.98 Å². The van der Waals surface area contributed by atoms with E-state index in [2.05, 4.69) is 10.3 Å². The predicted octanol–water partition coefficient (Wildman–Crippen LogP) is 3.62. The van der Waals surface area contributed by atoms with Crippen LogP contribution in [-0.4, -0.2) is 22.2 Å². The zero-order valence-corrected chi connectivity index (χ0v) is 13.9. The lowest BCUT2D eigenvalue weighted by Crippen LogP contribution is -2.20. The van der Waals surface area contributed by atoms with Crippen LogP contribution in [0.1, 0.15) is 11.4 Å². The van der Waals surface area contributed by atoms with Crippen LogP contribution in [0.3, 0.4) is 0 Å². The molecule has 0 spiro atoms. The van der Waals surface area contributed by atoms with Gasteiger partial charge in [-0.05, 0) is 19.1 Å². The van der Waals surface area contributed by atoms with Crippen LogP contribution in [0.15, 0.2) is 40.5 Å². The summed E-state index contributed by atoms with van der Waals surface area (Å²) < 4.78 is 43.3. The number of alkyl halides is 3. The van der Waals surface area contributed by atoms with E-state index in [1.54, 1.807) is 18.2 Å². The van der Waals surface area contributed by atoms with Crippen LogP contribution in [0.4, 0.5) is 18.9 Å². The lowest BCUT2D eigenvalue weighted by molar-refractivity contribution is -0.153. The Morgan fingerprint density at radius 1 is 1.32 bits per heavy atom. The Morgan fingerprint density at radius 3 is 2.84 bits per heavy atom. The molecule has 3 rings (SSSR count). The van der Waals surface area contributed by atoms with Crippen LogP contribution in [0, 0.1) is 6.92 Å². The van der Waals surface area contributed by atoms with Gasteiger partial charge in [0.1, 0.15) is 5.75 Å². The van der Waals surface area contributed by atoms with Crippen molar-refractivity contribution >= 4 is 22.0 Å². The summed E-state index contributed by atoms with van der Waals surface area (Å²) in [5.74, 6) is 0.0876. The first-order chi connectivity index (χ1) is 11.8. The minimum Gasteiger partial charge on any atom is -0.482 e. The maximum Gasteiger partial charge on any atom is 0.422 e. The molecule has 0 aliphatic heterocycles. The van der Waals surface area contributed by atoms with E-state index in [4.69, 9.17) is 4.74 Å². The minimum absolute atomic E-state index is 0.0876. The lowest BCUT2D eigenvalue weighted by Gasteiger charge is -2.14. The van der Waals surface area contributed by atoms with Crippen molar-refractivity contribution in [1.82, 2.24) is 9.38 Å². The molecule has 0 amide bonds. The van der Waals surface area contributed by atoms with Crippen molar-refractivity contribution in [3.05, 3.63) is 57.5 Å². The third kappa shape index (κ3) is 4.11. The number of benzene rings is 1. The van der Waals surface area contributed by atoms with Crippen molar-refractivity contribution in [1.29, 1.82) is 0 Å². The molecule has 0 radical (unpaired) electrons. The van der Waals surface area contributed by atoms with Crippen molar-refractivity contribution in [2.45, 2.75) is 19.6 Å². The van der Waals surface area contributed by atoms with E-state index >= 15 is 0 Å². The monoisotopic (exact) mass is 369 g/mol. The number of rotatable bonds is 5. The number of nitrogens with one attached hydrogen (secondary N) is 1. The summed E-state index contributed by atoms with van der Waals surface area (Å²) in [4.78, 5) is 17.1. The Labute approximate surface area is 144 Å². The fraction of sp³-hybridized carbons (Fsp3) is 0.250. The molecular formula is C16H14F3N3O2S. The number of aryl methyl sites for hydroxylation is 1. The summed E-state index contributed by atoms with van der Waals surface area (Å²) in [6.45, 7) is 0.638. The van der Waals surface area contributed by atoms with Crippen molar-refractivity contribution in [3.63, 3.8) is 0 Å². The molecule has 0 saturated carbocycles. The standard InChI is InChI=1S/C16H14F3N3O2S/c1-10-8-25-15-21-11(6-14(23)22(10)15)7-20-12-4-2-3-5-13(12)24-9-16(17,18)19/h2-6,8,20H,7,9H2,1H3. The Morgan fingerprint density at radius 2 is 2.08 bits per heavy atom. The molecule has 0 bridgehead atoms. The second-order valence-corrected chi connectivity index (χ2v) is 6.17. The molecule has 0 aliphatic rings. The smallest absolute Gasteiger partial charge is 0.422 e. The van der Waals surface area contributed by atoms with Gasteiger partial charge in [0.05, 0.1) is 17.9 Å². The van der Waals surface area contributed by atoms with Crippen LogP contribution >= 0.6 is 11.3 Å². The van der Waals surface area contributed by atoms with Crippen molar-refractivity contribution in [2.24, 2.45) is 0 Å². The summed E-state index contributed by atoms with van der Waals surface area (Å²) in [6, 6.07) is 7.71. The highest BCUT2D eigenvalue weighted by Gasteiger charge is 2.28. The molecule has 0 atom stereocenters. The van der Waals surface area contributed by atoms with Gasteiger partial charge in [0, 0.05) is 17.1 Å². The molecule has 9 heteroatoms. The molecule has 132 valence electrons. The van der Waals surface area contributed by atoms with Crippen LogP contribution in [0.2, 0.25) is 0 Å². The molecular weight excluding hydrogens is 355 g/mol. The predicted molar refractivity (Wildman–Crippen MR) is 89.4 cm³/mol. The highest BCUT2D eigenvalue weighted by molar-refractivity contribution is 7.15. The van der Waals surface area contributed by atoms with Crippen molar-refractivity contribution in [2.75, 3.05) is 11.9 Å². The van der Waals surface area contributed by atoms with Gasteiger partial charge in [0.15, 0.2) is 11.6 Å². The average Bonchev–Trinajstić information content (AvgIpc) is 2.92. The van der Waals surface area contributed by atoms with E-state index in [1.165, 1.54) is 27.9 Å². The van der Waals surface area contributed by atoms with Gasteiger partial charge in [-0.1, -0.05) is 12.1 Å². The number of anilines is 1. The molecule has 1 N–H and O–H groups in total. The van der Waals surface area contributed by atoms with Crippen LogP contribution in [0.5, 0.6) is 5.75 Å². The minimum atomic E-state index is -4.41. The highest BCUT2D eigenvalue weighted by Crippen LogP contribution is 2.26. The fourth-order valence-corrected chi connectivity index (χ4v) is 3.17. The molecule has 0 saturated heterocycles. The number of aromatic nitrogens is 2. The normalized spacial score (nSPS) is 11.7. The molecule has 0 fully saturated rings. The second kappa shape index (κ2) is 6.75. The van der Waals surface area contributed by atoms with E-state index in [9.17, 15) is 18.0 Å². The molecule has 2 aromatic heterocycles. The second-order valence-electron chi connectivity index (χ2n) is 5.33. The lowest BCUT2D eigenvalue weighted by atomic mass is 10.3. The van der Waals surface area contributed by atoms with Crippen molar-refractivity contribution in [3.8, 4) is 5.75 Å². The number of halogens is 3. The van der Waals surface area contributed by atoms with Gasteiger partial charge in [-0.3, -0.25) is 9.20 Å².